The van der Waals surface area contributed by atoms with E-state index in [9.17, 15) is 15.2 Å². The number of rotatable bonds is 8. The topological polar surface area (TPSA) is 144 Å². The highest BCUT2D eigenvalue weighted by Crippen LogP contribution is 2.33. The second-order valence-corrected chi connectivity index (χ2v) is 7.74. The van der Waals surface area contributed by atoms with Gasteiger partial charge in [0.25, 0.3) is 0 Å². The predicted octanol–water partition coefficient (Wildman–Crippen LogP) is 3.53. The molecule has 2 heterocycles. The minimum atomic E-state index is -1.05. The summed E-state index contributed by atoms with van der Waals surface area (Å²) < 4.78 is 7.40. The minimum Gasteiger partial charge on any atom is -0.457 e. The maximum absolute atomic E-state index is 12.2. The van der Waals surface area contributed by atoms with Crippen molar-refractivity contribution in [3.8, 4) is 17.6 Å². The lowest BCUT2D eigenvalue weighted by Gasteiger charge is -2.12. The summed E-state index contributed by atoms with van der Waals surface area (Å²) >= 11 is 0. The average molecular weight is 473 g/mol. The number of hydrogen-bond donors (Lipinski definition) is 5. The van der Waals surface area contributed by atoms with Crippen LogP contribution in [0.2, 0.25) is 0 Å². The molecule has 35 heavy (non-hydrogen) atoms. The summed E-state index contributed by atoms with van der Waals surface area (Å²) in [6, 6.07) is 18.4. The fourth-order valence-electron chi connectivity index (χ4n) is 3.44. The number of nitriles is 1. The van der Waals surface area contributed by atoms with Crippen molar-refractivity contribution < 1.29 is 19.7 Å². The number of aliphatic hydroxyl groups excluding tert-OH is 2. The van der Waals surface area contributed by atoms with Crippen LogP contribution >= 0.6 is 0 Å². The van der Waals surface area contributed by atoms with Gasteiger partial charge in [-0.3, -0.25) is 0 Å². The fraction of sp³-hybridized carbons (Fsp3) is 0.160. The van der Waals surface area contributed by atoms with Gasteiger partial charge < -0.3 is 30.9 Å². The van der Waals surface area contributed by atoms with Crippen molar-refractivity contribution in [3.63, 3.8) is 0 Å². The van der Waals surface area contributed by atoms with Gasteiger partial charge in [0.05, 0.1) is 47.6 Å². The smallest absolute Gasteiger partial charge is 0.319 e. The maximum Gasteiger partial charge on any atom is 0.319 e. The van der Waals surface area contributed by atoms with E-state index in [4.69, 9.17) is 9.84 Å². The molecule has 2 amide bonds. The molecule has 0 spiro atoms. The van der Waals surface area contributed by atoms with Crippen LogP contribution in [0.15, 0.2) is 67.0 Å². The van der Waals surface area contributed by atoms with E-state index in [0.29, 0.717) is 33.8 Å². The Morgan fingerprint density at radius 2 is 1.89 bits per heavy atom. The van der Waals surface area contributed by atoms with Crippen molar-refractivity contribution in [3.05, 3.63) is 78.1 Å². The maximum atomic E-state index is 12.2. The van der Waals surface area contributed by atoms with Crippen LogP contribution in [0.25, 0.3) is 5.52 Å². The van der Waals surface area contributed by atoms with Gasteiger partial charge in [-0.1, -0.05) is 18.2 Å². The first-order valence-corrected chi connectivity index (χ1v) is 10.8. The van der Waals surface area contributed by atoms with Gasteiger partial charge in [0.2, 0.25) is 0 Å². The Kier molecular flexibility index (Phi) is 7.11. The van der Waals surface area contributed by atoms with Crippen LogP contribution in [0.4, 0.5) is 21.9 Å². The highest BCUT2D eigenvalue weighted by atomic mass is 16.5. The number of para-hydroxylation sites is 1. The van der Waals surface area contributed by atoms with Crippen LogP contribution in [0.5, 0.6) is 11.5 Å². The summed E-state index contributed by atoms with van der Waals surface area (Å²) in [6.07, 6.45) is 2.04. The first-order chi connectivity index (χ1) is 17.0. The van der Waals surface area contributed by atoms with E-state index < -0.39 is 18.7 Å². The molecule has 2 aromatic heterocycles. The second kappa shape index (κ2) is 10.6. The average Bonchev–Trinajstić information content (AvgIpc) is 3.19. The summed E-state index contributed by atoms with van der Waals surface area (Å²) in [5.41, 5.74) is 3.42. The van der Waals surface area contributed by atoms with Crippen LogP contribution in [0, 0.1) is 18.3 Å². The summed E-state index contributed by atoms with van der Waals surface area (Å²) in [7, 11) is 0. The Bertz CT molecular complexity index is 1360. The number of ether oxygens (including phenoxy) is 1. The number of carbonyl (C=O) groups excluding carboxylic acids is 1. The quantitative estimate of drug-likeness (QED) is 0.264. The van der Waals surface area contributed by atoms with Crippen molar-refractivity contribution in [1.82, 2.24) is 14.9 Å². The lowest BCUT2D eigenvalue weighted by Crippen LogP contribution is -2.36. The molecule has 5 N–H and O–H groups in total. The Morgan fingerprint density at radius 3 is 2.57 bits per heavy atom. The van der Waals surface area contributed by atoms with Gasteiger partial charge in [-0.25, -0.2) is 9.31 Å². The van der Waals surface area contributed by atoms with Crippen LogP contribution in [-0.2, 0) is 0 Å². The van der Waals surface area contributed by atoms with Crippen LogP contribution in [-0.4, -0.2) is 45.1 Å². The number of aliphatic hydroxyl groups is 2. The van der Waals surface area contributed by atoms with Gasteiger partial charge in [-0.15, -0.1) is 0 Å². The van der Waals surface area contributed by atoms with Crippen LogP contribution in [0.1, 0.15) is 11.1 Å². The first-order valence-electron chi connectivity index (χ1n) is 10.8. The number of fused-ring (bicyclic) bond motifs is 1. The number of anilines is 3. The third-order valence-corrected chi connectivity index (χ3v) is 5.24. The molecule has 4 aromatic rings. The molecule has 2 aromatic carbocycles. The van der Waals surface area contributed by atoms with E-state index in [1.165, 1.54) is 6.20 Å². The van der Waals surface area contributed by atoms with Crippen LogP contribution in [0.3, 0.4) is 0 Å². The van der Waals surface area contributed by atoms with Gasteiger partial charge in [0, 0.05) is 17.8 Å². The number of benzene rings is 2. The molecular formula is C25H24N6O4. The molecule has 1 atom stereocenters. The van der Waals surface area contributed by atoms with Crippen molar-refractivity contribution >= 4 is 28.6 Å². The predicted molar refractivity (Wildman–Crippen MR) is 131 cm³/mol. The molecule has 0 aliphatic rings. The van der Waals surface area contributed by atoms with Crippen molar-refractivity contribution in [2.24, 2.45) is 0 Å². The van der Waals surface area contributed by atoms with Gasteiger partial charge in [0.15, 0.2) is 0 Å². The molecule has 0 bridgehead atoms. The third-order valence-electron chi connectivity index (χ3n) is 5.24. The number of carbonyl (C=O) groups is 1. The number of nitrogens with one attached hydrogen (secondary N) is 3. The summed E-state index contributed by atoms with van der Waals surface area (Å²) in [5, 5.41) is 40.7. The van der Waals surface area contributed by atoms with E-state index in [-0.39, 0.29) is 6.54 Å². The number of urea groups is 1. The Hall–Kier alpha value is -4.59. The lowest BCUT2D eigenvalue weighted by atomic mass is 10.1. The molecule has 0 unspecified atom stereocenters. The minimum absolute atomic E-state index is 0.0949. The Morgan fingerprint density at radius 1 is 1.17 bits per heavy atom. The standard InChI is InChI=1S/C25H24N6O4/c1-16-22(30-25(34)27-13-19(33)15-32)14-31-24(16)23(17(11-26)12-28-31)29-18-7-9-21(10-8-18)35-20-5-3-2-4-6-20/h2-10,12,14,19,29,32-33H,13,15H2,1H3,(H2,27,30,34)/t19-/m1/s1. The molecular weight excluding hydrogens is 448 g/mol. The SMILES string of the molecule is Cc1c(NC(=O)NC[C@@H](O)CO)cn2ncc(C#N)c(Nc3ccc(Oc4ccccc4)cc3)c12. The van der Waals surface area contributed by atoms with E-state index in [1.54, 1.807) is 17.6 Å². The molecule has 10 nitrogen and oxygen atoms in total. The summed E-state index contributed by atoms with van der Waals surface area (Å²) in [4.78, 5) is 12.2. The Balaban J connectivity index is 1.57. The van der Waals surface area contributed by atoms with Gasteiger partial charge in [0.1, 0.15) is 17.6 Å². The zero-order valence-corrected chi connectivity index (χ0v) is 18.9. The monoisotopic (exact) mass is 472 g/mol. The highest BCUT2D eigenvalue weighted by Gasteiger charge is 2.17. The largest absolute Gasteiger partial charge is 0.457 e. The second-order valence-electron chi connectivity index (χ2n) is 7.74. The van der Waals surface area contributed by atoms with Crippen molar-refractivity contribution in [1.29, 1.82) is 5.26 Å². The van der Waals surface area contributed by atoms with Gasteiger partial charge >= 0.3 is 6.03 Å². The number of hydrogen-bond acceptors (Lipinski definition) is 7. The van der Waals surface area contributed by atoms with Crippen LogP contribution < -0.4 is 20.7 Å². The third kappa shape index (κ3) is 5.50. The van der Waals surface area contributed by atoms with E-state index in [2.05, 4.69) is 27.1 Å². The number of amides is 2. The first kappa shape index (κ1) is 23.6. The van der Waals surface area contributed by atoms with Crippen molar-refractivity contribution in [2.45, 2.75) is 13.0 Å². The molecule has 0 radical (unpaired) electrons. The number of aromatic nitrogens is 2. The molecule has 0 saturated carbocycles. The zero-order chi connectivity index (χ0) is 24.8. The Labute approximate surface area is 201 Å². The highest BCUT2D eigenvalue weighted by molar-refractivity contribution is 5.94. The molecule has 0 saturated heterocycles. The lowest BCUT2D eigenvalue weighted by molar-refractivity contribution is 0.0965. The molecule has 10 heteroatoms. The number of nitrogens with zero attached hydrogens (tertiary/aromatic N) is 3. The summed E-state index contributed by atoms with van der Waals surface area (Å²) in [6.45, 7) is 1.26. The van der Waals surface area contributed by atoms with Crippen molar-refractivity contribution in [2.75, 3.05) is 23.8 Å². The molecule has 4 rings (SSSR count). The normalized spacial score (nSPS) is 11.5. The van der Waals surface area contributed by atoms with E-state index >= 15 is 0 Å². The van der Waals surface area contributed by atoms with E-state index in [1.807, 2.05) is 54.6 Å². The molecule has 0 aliphatic carbocycles. The molecule has 178 valence electrons. The zero-order valence-electron chi connectivity index (χ0n) is 18.9. The van der Waals surface area contributed by atoms with Gasteiger partial charge in [-0.05, 0) is 43.3 Å². The summed E-state index contributed by atoms with van der Waals surface area (Å²) in [5.74, 6) is 1.40. The van der Waals surface area contributed by atoms with Gasteiger partial charge in [-0.2, -0.15) is 10.4 Å². The number of aryl methyl sites for hydroxylation is 1. The van der Waals surface area contributed by atoms with E-state index in [0.717, 1.165) is 11.4 Å². The molecule has 0 fully saturated rings. The molecule has 0 aliphatic heterocycles. The fourth-order valence-corrected chi connectivity index (χ4v) is 3.44.